The number of rotatable bonds is 6. The van der Waals surface area contributed by atoms with Crippen molar-refractivity contribution in [3.8, 4) is 0 Å². The van der Waals surface area contributed by atoms with Crippen molar-refractivity contribution in [2.24, 2.45) is 5.92 Å². The number of anilines is 1. The fourth-order valence-corrected chi connectivity index (χ4v) is 6.37. The molecule has 6 rings (SSSR count). The van der Waals surface area contributed by atoms with Gasteiger partial charge in [-0.25, -0.2) is 4.98 Å². The molecule has 2 aromatic heterocycles. The number of benzene rings is 1. The van der Waals surface area contributed by atoms with Crippen molar-refractivity contribution < 1.29 is 5.11 Å². The van der Waals surface area contributed by atoms with E-state index in [2.05, 4.69) is 33.4 Å². The molecule has 3 aromatic rings. The van der Waals surface area contributed by atoms with E-state index in [1.54, 1.807) is 0 Å². The van der Waals surface area contributed by atoms with Gasteiger partial charge in [0.15, 0.2) is 0 Å². The fraction of sp³-hybridized carbons (Fsp3) is 0.577. The summed E-state index contributed by atoms with van der Waals surface area (Å²) in [5.41, 5.74) is 1.94. The van der Waals surface area contributed by atoms with Crippen LogP contribution in [0.1, 0.15) is 50.1 Å². The summed E-state index contributed by atoms with van der Waals surface area (Å²) < 4.78 is 1.91. The lowest BCUT2D eigenvalue weighted by molar-refractivity contribution is 0.111. The van der Waals surface area contributed by atoms with E-state index in [1.165, 1.54) is 29.9 Å². The second kappa shape index (κ2) is 9.47. The SMILES string of the molecule is O=c1c2cc(CN3CCSCC3)ccc2c2cnc(NCC3CC3)nc2n1C1CCC(O)CC1. The lowest BCUT2D eigenvalue weighted by Gasteiger charge is -2.28. The Bertz CT molecular complexity index is 1240. The Hall–Kier alpha value is -2.16. The first kappa shape index (κ1) is 22.3. The van der Waals surface area contributed by atoms with Gasteiger partial charge < -0.3 is 10.4 Å². The van der Waals surface area contributed by atoms with Crippen LogP contribution in [0.25, 0.3) is 21.8 Å². The number of thioether (sulfide) groups is 1. The number of aliphatic hydroxyl groups excluding tert-OH is 1. The van der Waals surface area contributed by atoms with E-state index in [0.717, 1.165) is 73.9 Å². The van der Waals surface area contributed by atoms with E-state index in [4.69, 9.17) is 4.98 Å². The van der Waals surface area contributed by atoms with E-state index >= 15 is 0 Å². The fourth-order valence-electron chi connectivity index (χ4n) is 5.39. The van der Waals surface area contributed by atoms with Crippen molar-refractivity contribution >= 4 is 39.5 Å². The quantitative estimate of drug-likeness (QED) is 0.521. The molecule has 34 heavy (non-hydrogen) atoms. The maximum Gasteiger partial charge on any atom is 0.260 e. The molecule has 0 atom stereocenters. The van der Waals surface area contributed by atoms with Crippen LogP contribution in [0.2, 0.25) is 0 Å². The number of fused-ring (bicyclic) bond motifs is 3. The van der Waals surface area contributed by atoms with Gasteiger partial charge in [0, 0.05) is 60.7 Å². The summed E-state index contributed by atoms with van der Waals surface area (Å²) in [6.07, 6.45) is 7.18. The topological polar surface area (TPSA) is 83.3 Å². The smallest absolute Gasteiger partial charge is 0.260 e. The maximum atomic E-state index is 14.0. The zero-order chi connectivity index (χ0) is 23.1. The Balaban J connectivity index is 1.44. The second-order valence-corrected chi connectivity index (χ2v) is 11.4. The molecular formula is C26H33N5O2S. The summed E-state index contributed by atoms with van der Waals surface area (Å²) in [5.74, 6) is 3.66. The molecule has 180 valence electrons. The lowest BCUT2D eigenvalue weighted by Crippen LogP contribution is -2.32. The highest BCUT2D eigenvalue weighted by Gasteiger charge is 2.26. The summed E-state index contributed by atoms with van der Waals surface area (Å²) >= 11 is 2.01. The van der Waals surface area contributed by atoms with Crippen molar-refractivity contribution in [3.05, 3.63) is 40.3 Å². The third kappa shape index (κ3) is 4.55. The lowest BCUT2D eigenvalue weighted by atomic mass is 9.92. The molecular weight excluding hydrogens is 446 g/mol. The number of nitrogens with one attached hydrogen (secondary N) is 1. The highest BCUT2D eigenvalue weighted by molar-refractivity contribution is 7.99. The minimum Gasteiger partial charge on any atom is -0.393 e. The summed E-state index contributed by atoms with van der Waals surface area (Å²) in [7, 11) is 0. The van der Waals surface area contributed by atoms with Crippen LogP contribution < -0.4 is 10.9 Å². The highest BCUT2D eigenvalue weighted by Crippen LogP contribution is 2.33. The minimum absolute atomic E-state index is 0.0341. The van der Waals surface area contributed by atoms with E-state index in [0.29, 0.717) is 11.6 Å². The first-order valence-corrected chi connectivity index (χ1v) is 13.9. The van der Waals surface area contributed by atoms with Crippen LogP contribution in [-0.4, -0.2) is 61.8 Å². The molecule has 8 heteroatoms. The van der Waals surface area contributed by atoms with Crippen LogP contribution in [0, 0.1) is 5.92 Å². The van der Waals surface area contributed by atoms with Crippen LogP contribution in [0.5, 0.6) is 0 Å². The summed E-state index contributed by atoms with van der Waals surface area (Å²) in [5, 5.41) is 16.0. The standard InChI is InChI=1S/C26H33N5O2S/c32-20-6-4-19(5-7-20)31-24-23(15-28-26(29-24)27-14-17-1-2-17)21-8-3-18(13-22(21)25(31)33)16-30-9-11-34-12-10-30/h3,8,13,15,17,19-20,32H,1-2,4-7,9-12,14,16H2,(H,27,28,29). The third-order valence-corrected chi connectivity index (χ3v) is 8.55. The molecule has 0 radical (unpaired) electrons. The molecule has 3 heterocycles. The Morgan fingerprint density at radius 1 is 1.03 bits per heavy atom. The monoisotopic (exact) mass is 479 g/mol. The highest BCUT2D eigenvalue weighted by atomic mass is 32.2. The molecule has 7 nitrogen and oxygen atoms in total. The number of pyridine rings is 1. The molecule has 2 aliphatic carbocycles. The van der Waals surface area contributed by atoms with Gasteiger partial charge in [-0.1, -0.05) is 12.1 Å². The molecule has 1 aromatic carbocycles. The first-order valence-electron chi connectivity index (χ1n) is 12.7. The molecule has 3 fully saturated rings. The Kier molecular flexibility index (Phi) is 6.22. The van der Waals surface area contributed by atoms with Crippen molar-refractivity contribution in [2.45, 2.75) is 57.2 Å². The van der Waals surface area contributed by atoms with Gasteiger partial charge in [-0.05, 0) is 61.5 Å². The van der Waals surface area contributed by atoms with Crippen molar-refractivity contribution in [2.75, 3.05) is 36.5 Å². The van der Waals surface area contributed by atoms with Gasteiger partial charge in [0.2, 0.25) is 5.95 Å². The molecule has 3 aliphatic rings. The summed E-state index contributed by atoms with van der Waals surface area (Å²) in [6.45, 7) is 3.96. The molecule has 0 amide bonds. The number of nitrogens with zero attached hydrogens (tertiary/aromatic N) is 4. The molecule has 0 bridgehead atoms. The average Bonchev–Trinajstić information content (AvgIpc) is 3.69. The van der Waals surface area contributed by atoms with Gasteiger partial charge in [0.1, 0.15) is 5.65 Å². The molecule has 2 N–H and O–H groups in total. The minimum atomic E-state index is -0.265. The summed E-state index contributed by atoms with van der Waals surface area (Å²) in [6, 6.07) is 6.38. The third-order valence-electron chi connectivity index (χ3n) is 7.61. The predicted octanol–water partition coefficient (Wildman–Crippen LogP) is 3.79. The maximum absolute atomic E-state index is 14.0. The van der Waals surface area contributed by atoms with Crippen LogP contribution in [0.4, 0.5) is 5.95 Å². The van der Waals surface area contributed by atoms with Crippen molar-refractivity contribution in [1.82, 2.24) is 19.4 Å². The van der Waals surface area contributed by atoms with Crippen molar-refractivity contribution in [3.63, 3.8) is 0 Å². The van der Waals surface area contributed by atoms with E-state index < -0.39 is 0 Å². The number of aromatic nitrogens is 3. The number of hydrogen-bond donors (Lipinski definition) is 2. The molecule has 0 unspecified atom stereocenters. The average molecular weight is 480 g/mol. The van der Waals surface area contributed by atoms with Crippen LogP contribution in [0.3, 0.4) is 0 Å². The van der Waals surface area contributed by atoms with Gasteiger partial charge in [-0.2, -0.15) is 16.7 Å². The zero-order valence-corrected chi connectivity index (χ0v) is 20.4. The molecule has 0 spiro atoms. The van der Waals surface area contributed by atoms with Crippen molar-refractivity contribution in [1.29, 1.82) is 0 Å². The van der Waals surface area contributed by atoms with E-state index in [-0.39, 0.29) is 17.7 Å². The Morgan fingerprint density at radius 2 is 1.82 bits per heavy atom. The van der Waals surface area contributed by atoms with Gasteiger partial charge in [0.25, 0.3) is 5.56 Å². The van der Waals surface area contributed by atoms with Gasteiger partial charge in [-0.15, -0.1) is 0 Å². The zero-order valence-electron chi connectivity index (χ0n) is 19.6. The molecule has 1 aliphatic heterocycles. The Labute approximate surface area is 204 Å². The largest absolute Gasteiger partial charge is 0.393 e. The number of hydrogen-bond acceptors (Lipinski definition) is 7. The predicted molar refractivity (Wildman–Crippen MR) is 139 cm³/mol. The van der Waals surface area contributed by atoms with Crippen LogP contribution >= 0.6 is 11.8 Å². The van der Waals surface area contributed by atoms with Crippen LogP contribution in [0.15, 0.2) is 29.2 Å². The normalized spacial score (nSPS) is 24.0. The molecule has 1 saturated heterocycles. The van der Waals surface area contributed by atoms with Gasteiger partial charge in [0.05, 0.1) is 6.10 Å². The van der Waals surface area contributed by atoms with E-state index in [9.17, 15) is 9.90 Å². The summed E-state index contributed by atoms with van der Waals surface area (Å²) in [4.78, 5) is 25.9. The molecule has 2 saturated carbocycles. The van der Waals surface area contributed by atoms with Gasteiger partial charge >= 0.3 is 0 Å². The Morgan fingerprint density at radius 3 is 2.59 bits per heavy atom. The second-order valence-electron chi connectivity index (χ2n) is 10.2. The number of aliphatic hydroxyl groups is 1. The van der Waals surface area contributed by atoms with Gasteiger partial charge in [-0.3, -0.25) is 14.3 Å². The van der Waals surface area contributed by atoms with E-state index in [1.807, 2.05) is 22.5 Å². The first-order chi connectivity index (χ1) is 16.7. The van der Waals surface area contributed by atoms with Crippen LogP contribution in [-0.2, 0) is 6.54 Å².